The third kappa shape index (κ3) is 3.46. The third-order valence-corrected chi connectivity index (χ3v) is 5.12. The number of nitrogens with one attached hydrogen (secondary N) is 1. The van der Waals surface area contributed by atoms with E-state index in [2.05, 4.69) is 19.2 Å². The highest BCUT2D eigenvalue weighted by Gasteiger charge is 2.39. The summed E-state index contributed by atoms with van der Waals surface area (Å²) in [6, 6.07) is 10.0. The van der Waals surface area contributed by atoms with Crippen LogP contribution in [0.4, 0.5) is 0 Å². The van der Waals surface area contributed by atoms with Gasteiger partial charge in [-0.2, -0.15) is 0 Å². The molecule has 116 valence electrons. The first-order valence-corrected chi connectivity index (χ1v) is 8.20. The fraction of sp³-hybridized carbons (Fsp3) is 0.611. The number of carbonyl (C=O) groups is 1. The van der Waals surface area contributed by atoms with Gasteiger partial charge in [-0.15, -0.1) is 0 Å². The number of rotatable bonds is 5. The summed E-state index contributed by atoms with van der Waals surface area (Å²) < 4.78 is 0. The van der Waals surface area contributed by atoms with E-state index >= 15 is 0 Å². The summed E-state index contributed by atoms with van der Waals surface area (Å²) in [6.07, 6.45) is 5.37. The Balaban J connectivity index is 2.14. The summed E-state index contributed by atoms with van der Waals surface area (Å²) in [5.74, 6) is 0.500. The predicted molar refractivity (Wildman–Crippen MR) is 87.0 cm³/mol. The Morgan fingerprint density at radius 3 is 2.67 bits per heavy atom. The maximum atomic E-state index is 12.8. The smallest absolute Gasteiger partial charge is 0.228 e. The molecule has 3 heteroatoms. The van der Waals surface area contributed by atoms with E-state index in [1.54, 1.807) is 0 Å². The van der Waals surface area contributed by atoms with Crippen molar-refractivity contribution in [3.8, 4) is 0 Å². The maximum absolute atomic E-state index is 12.8. The van der Waals surface area contributed by atoms with Crippen LogP contribution in [-0.4, -0.2) is 18.0 Å². The summed E-state index contributed by atoms with van der Waals surface area (Å²) in [5, 5.41) is 3.32. The Labute approximate surface area is 128 Å². The molecule has 1 amide bonds. The van der Waals surface area contributed by atoms with Crippen molar-refractivity contribution >= 4 is 5.91 Å². The van der Waals surface area contributed by atoms with Crippen LogP contribution in [0.15, 0.2) is 30.3 Å². The number of carbonyl (C=O) groups excluding carboxylic acids is 1. The van der Waals surface area contributed by atoms with Gasteiger partial charge in [0.1, 0.15) is 0 Å². The van der Waals surface area contributed by atoms with Crippen LogP contribution in [0.3, 0.4) is 0 Å². The van der Waals surface area contributed by atoms with Crippen LogP contribution in [0.2, 0.25) is 0 Å². The SMILES string of the molecule is CCC(C(=O)NC1(CN)CCCCC1C)c1ccccc1. The van der Waals surface area contributed by atoms with Crippen LogP contribution in [0.5, 0.6) is 0 Å². The lowest BCUT2D eigenvalue weighted by molar-refractivity contribution is -0.125. The Morgan fingerprint density at radius 2 is 2.10 bits per heavy atom. The number of hydrogen-bond donors (Lipinski definition) is 2. The fourth-order valence-electron chi connectivity index (χ4n) is 3.54. The molecule has 0 radical (unpaired) electrons. The predicted octanol–water partition coefficient (Wildman–Crippen LogP) is 3.20. The minimum absolute atomic E-state index is 0.0799. The van der Waals surface area contributed by atoms with Crippen molar-refractivity contribution in [2.45, 2.75) is 57.4 Å². The molecule has 21 heavy (non-hydrogen) atoms. The monoisotopic (exact) mass is 288 g/mol. The lowest BCUT2D eigenvalue weighted by Gasteiger charge is -2.43. The van der Waals surface area contributed by atoms with Gasteiger partial charge in [-0.3, -0.25) is 4.79 Å². The van der Waals surface area contributed by atoms with Crippen molar-refractivity contribution in [1.82, 2.24) is 5.32 Å². The second-order valence-corrected chi connectivity index (χ2v) is 6.37. The Hall–Kier alpha value is -1.35. The highest BCUT2D eigenvalue weighted by molar-refractivity contribution is 5.84. The van der Waals surface area contributed by atoms with Gasteiger partial charge >= 0.3 is 0 Å². The fourth-order valence-corrected chi connectivity index (χ4v) is 3.54. The lowest BCUT2D eigenvalue weighted by atomic mass is 9.73. The van der Waals surface area contributed by atoms with Crippen LogP contribution >= 0.6 is 0 Å². The molecule has 0 heterocycles. The standard InChI is InChI=1S/C18H28N2O/c1-3-16(15-10-5-4-6-11-15)17(21)20-18(13-19)12-8-7-9-14(18)2/h4-6,10-11,14,16H,3,7-9,12-13,19H2,1-2H3,(H,20,21). The van der Waals surface area contributed by atoms with E-state index < -0.39 is 0 Å². The largest absolute Gasteiger partial charge is 0.349 e. The zero-order valence-electron chi connectivity index (χ0n) is 13.3. The normalized spacial score (nSPS) is 27.1. The highest BCUT2D eigenvalue weighted by atomic mass is 16.2. The van der Waals surface area contributed by atoms with Crippen molar-refractivity contribution in [3.05, 3.63) is 35.9 Å². The molecule has 3 unspecified atom stereocenters. The molecule has 0 bridgehead atoms. The van der Waals surface area contributed by atoms with Gasteiger partial charge in [0.25, 0.3) is 0 Å². The van der Waals surface area contributed by atoms with Gasteiger partial charge in [-0.05, 0) is 30.7 Å². The molecule has 1 aromatic carbocycles. The van der Waals surface area contributed by atoms with E-state index in [0.29, 0.717) is 12.5 Å². The van der Waals surface area contributed by atoms with Crippen molar-refractivity contribution in [2.24, 2.45) is 11.7 Å². The highest BCUT2D eigenvalue weighted by Crippen LogP contribution is 2.34. The van der Waals surface area contributed by atoms with E-state index in [9.17, 15) is 4.79 Å². The second kappa shape index (κ2) is 7.08. The van der Waals surface area contributed by atoms with Crippen LogP contribution in [0.25, 0.3) is 0 Å². The van der Waals surface area contributed by atoms with Gasteiger partial charge in [0, 0.05) is 6.54 Å². The van der Waals surface area contributed by atoms with E-state index in [-0.39, 0.29) is 17.4 Å². The zero-order chi connectivity index (χ0) is 15.3. The number of amides is 1. The van der Waals surface area contributed by atoms with Gasteiger partial charge in [-0.1, -0.05) is 57.0 Å². The number of nitrogens with two attached hydrogens (primary N) is 1. The quantitative estimate of drug-likeness (QED) is 0.874. The van der Waals surface area contributed by atoms with Crippen molar-refractivity contribution in [3.63, 3.8) is 0 Å². The van der Waals surface area contributed by atoms with E-state index in [0.717, 1.165) is 31.2 Å². The topological polar surface area (TPSA) is 55.1 Å². The van der Waals surface area contributed by atoms with Gasteiger partial charge in [0.05, 0.1) is 11.5 Å². The minimum atomic E-state index is -0.211. The molecule has 3 atom stereocenters. The minimum Gasteiger partial charge on any atom is -0.349 e. The summed E-state index contributed by atoms with van der Waals surface area (Å²) in [6.45, 7) is 4.82. The zero-order valence-corrected chi connectivity index (χ0v) is 13.3. The molecule has 0 aliphatic heterocycles. The number of hydrogen-bond acceptors (Lipinski definition) is 2. The molecule has 1 aliphatic carbocycles. The van der Waals surface area contributed by atoms with Gasteiger partial charge in [-0.25, -0.2) is 0 Å². The molecular formula is C18H28N2O. The molecule has 0 aromatic heterocycles. The molecule has 0 spiro atoms. The van der Waals surface area contributed by atoms with Crippen molar-refractivity contribution in [2.75, 3.05) is 6.54 Å². The molecule has 3 nitrogen and oxygen atoms in total. The summed E-state index contributed by atoms with van der Waals surface area (Å²) in [5.41, 5.74) is 6.92. The summed E-state index contributed by atoms with van der Waals surface area (Å²) >= 11 is 0. The molecule has 1 aromatic rings. The van der Waals surface area contributed by atoms with E-state index in [1.165, 1.54) is 6.42 Å². The van der Waals surface area contributed by atoms with Gasteiger partial charge in [0.15, 0.2) is 0 Å². The molecule has 3 N–H and O–H groups in total. The second-order valence-electron chi connectivity index (χ2n) is 6.37. The average Bonchev–Trinajstić information content (AvgIpc) is 2.51. The first-order chi connectivity index (χ1) is 10.1. The van der Waals surface area contributed by atoms with E-state index in [1.807, 2.05) is 30.3 Å². The third-order valence-electron chi connectivity index (χ3n) is 5.12. The maximum Gasteiger partial charge on any atom is 0.228 e. The number of benzene rings is 1. The Morgan fingerprint density at radius 1 is 1.38 bits per heavy atom. The summed E-state index contributed by atoms with van der Waals surface area (Å²) in [7, 11) is 0. The molecule has 2 rings (SSSR count). The van der Waals surface area contributed by atoms with Gasteiger partial charge < -0.3 is 11.1 Å². The summed E-state index contributed by atoms with van der Waals surface area (Å²) in [4.78, 5) is 12.8. The molecular weight excluding hydrogens is 260 g/mol. The first-order valence-electron chi connectivity index (χ1n) is 8.20. The molecule has 0 saturated heterocycles. The van der Waals surface area contributed by atoms with Crippen molar-refractivity contribution in [1.29, 1.82) is 0 Å². The van der Waals surface area contributed by atoms with Crippen LogP contribution in [0.1, 0.15) is 57.4 Å². The Kier molecular flexibility index (Phi) is 5.40. The van der Waals surface area contributed by atoms with Crippen LogP contribution in [0, 0.1) is 5.92 Å². The molecule has 1 saturated carbocycles. The average molecular weight is 288 g/mol. The van der Waals surface area contributed by atoms with Crippen LogP contribution in [-0.2, 0) is 4.79 Å². The van der Waals surface area contributed by atoms with Crippen LogP contribution < -0.4 is 11.1 Å². The lowest BCUT2D eigenvalue weighted by Crippen LogP contribution is -2.59. The van der Waals surface area contributed by atoms with E-state index in [4.69, 9.17) is 5.73 Å². The Bertz CT molecular complexity index is 460. The first kappa shape index (κ1) is 16.0. The van der Waals surface area contributed by atoms with Crippen molar-refractivity contribution < 1.29 is 4.79 Å². The molecule has 1 aliphatic rings. The molecule has 1 fully saturated rings. The van der Waals surface area contributed by atoms with Gasteiger partial charge in [0.2, 0.25) is 5.91 Å².